The molecule has 7 nitrogen and oxygen atoms in total. The van der Waals surface area contributed by atoms with Crippen LogP contribution in [0.15, 0.2) is 79.1 Å². The van der Waals surface area contributed by atoms with E-state index in [1.807, 2.05) is 54.6 Å². The van der Waals surface area contributed by atoms with E-state index >= 15 is 0 Å². The number of rotatable bonds is 12. The quantitative estimate of drug-likeness (QED) is 0.0868. The minimum Gasteiger partial charge on any atom is -0.490 e. The zero-order valence-electron chi connectivity index (χ0n) is 26.4. The Balaban J connectivity index is 1.15. The van der Waals surface area contributed by atoms with Crippen LogP contribution in [0.25, 0.3) is 22.6 Å². The van der Waals surface area contributed by atoms with E-state index in [2.05, 4.69) is 29.6 Å². The highest BCUT2D eigenvalue weighted by Crippen LogP contribution is 2.33. The third-order valence-corrected chi connectivity index (χ3v) is 9.70. The number of halogens is 3. The van der Waals surface area contributed by atoms with E-state index in [9.17, 15) is 18.0 Å². The first-order valence-electron chi connectivity index (χ1n) is 15.6. The van der Waals surface area contributed by atoms with E-state index in [0.717, 1.165) is 54.8 Å². The summed E-state index contributed by atoms with van der Waals surface area (Å²) in [7, 11) is -1.33. The van der Waals surface area contributed by atoms with Gasteiger partial charge in [-0.1, -0.05) is 50.0 Å². The summed E-state index contributed by atoms with van der Waals surface area (Å²) >= 11 is 0. The van der Waals surface area contributed by atoms with Gasteiger partial charge in [0.05, 0.1) is 17.7 Å². The molecule has 1 aliphatic rings. The SMILES string of the molecule is C[Si](C)(C)CCOCn1cc(C(F)(F)F)nc1-c1ccc(-c2ccc(O[C@H]3CC[C@@H](C(=O)OCc4ccccc4)CC3)cc2)nc1. The second-order valence-corrected chi connectivity index (χ2v) is 18.5. The summed E-state index contributed by atoms with van der Waals surface area (Å²) in [6, 6.07) is 21.6. The molecule has 0 radical (unpaired) electrons. The van der Waals surface area contributed by atoms with Gasteiger partial charge in [0.15, 0.2) is 5.69 Å². The van der Waals surface area contributed by atoms with Crippen molar-refractivity contribution >= 4 is 14.0 Å². The molecule has 0 bridgehead atoms. The Bertz CT molecular complexity index is 1560. The van der Waals surface area contributed by atoms with Gasteiger partial charge in [-0.05, 0) is 73.7 Å². The third-order valence-electron chi connectivity index (χ3n) is 8.00. The van der Waals surface area contributed by atoms with Crippen LogP contribution in [0.4, 0.5) is 13.2 Å². The molecule has 2 heterocycles. The van der Waals surface area contributed by atoms with Crippen LogP contribution >= 0.6 is 0 Å². The molecular weight excluding hydrogens is 611 g/mol. The van der Waals surface area contributed by atoms with Gasteiger partial charge in [0.25, 0.3) is 0 Å². The van der Waals surface area contributed by atoms with Crippen molar-refractivity contribution in [2.75, 3.05) is 6.61 Å². The van der Waals surface area contributed by atoms with Gasteiger partial charge < -0.3 is 18.8 Å². The predicted molar refractivity (Wildman–Crippen MR) is 173 cm³/mol. The van der Waals surface area contributed by atoms with Gasteiger partial charge in [-0.3, -0.25) is 9.78 Å². The smallest absolute Gasteiger partial charge is 0.434 e. The summed E-state index contributed by atoms with van der Waals surface area (Å²) in [5, 5.41) is 0. The molecule has 0 unspecified atom stereocenters. The Labute approximate surface area is 268 Å². The molecule has 0 N–H and O–H groups in total. The Morgan fingerprint density at radius 2 is 1.63 bits per heavy atom. The number of ether oxygens (including phenoxy) is 3. The van der Waals surface area contributed by atoms with Gasteiger partial charge >= 0.3 is 12.1 Å². The number of nitrogens with zero attached hydrogens (tertiary/aromatic N) is 3. The molecule has 1 saturated carbocycles. The first kappa shape index (κ1) is 33.4. The molecule has 2 aromatic heterocycles. The normalized spacial score (nSPS) is 17.1. The topological polar surface area (TPSA) is 75.5 Å². The van der Waals surface area contributed by atoms with Crippen LogP contribution in [0.5, 0.6) is 5.75 Å². The first-order chi connectivity index (χ1) is 21.9. The Kier molecular flexibility index (Phi) is 10.6. The number of esters is 1. The number of benzene rings is 2. The molecule has 11 heteroatoms. The fourth-order valence-corrected chi connectivity index (χ4v) is 6.04. The van der Waals surface area contributed by atoms with Crippen LogP contribution in [0.3, 0.4) is 0 Å². The number of carbonyl (C=O) groups excluding carboxylic acids is 1. The second kappa shape index (κ2) is 14.6. The van der Waals surface area contributed by atoms with Crippen molar-refractivity contribution < 1.29 is 32.2 Å². The fourth-order valence-electron chi connectivity index (χ4n) is 5.28. The van der Waals surface area contributed by atoms with E-state index in [-0.39, 0.29) is 37.2 Å². The summed E-state index contributed by atoms with van der Waals surface area (Å²) in [4.78, 5) is 20.9. The van der Waals surface area contributed by atoms with Gasteiger partial charge in [0.1, 0.15) is 24.9 Å². The average Bonchev–Trinajstić information content (AvgIpc) is 3.48. The molecular formula is C35H40F3N3O4Si. The van der Waals surface area contributed by atoms with E-state index in [1.165, 1.54) is 10.8 Å². The number of hydrogen-bond donors (Lipinski definition) is 0. The molecule has 5 rings (SSSR count). The van der Waals surface area contributed by atoms with E-state index in [1.54, 1.807) is 12.1 Å². The lowest BCUT2D eigenvalue weighted by Gasteiger charge is -2.28. The maximum atomic E-state index is 13.5. The molecule has 244 valence electrons. The number of hydrogen-bond acceptors (Lipinski definition) is 6. The Hall–Kier alpha value is -3.96. The molecule has 1 fully saturated rings. The minimum atomic E-state index is -4.57. The molecule has 0 amide bonds. The number of carbonyl (C=O) groups is 1. The lowest BCUT2D eigenvalue weighted by atomic mass is 9.87. The van der Waals surface area contributed by atoms with Gasteiger partial charge in [-0.25, -0.2) is 4.98 Å². The minimum absolute atomic E-state index is 0.0197. The molecule has 0 saturated heterocycles. The van der Waals surface area contributed by atoms with Crippen molar-refractivity contribution in [3.63, 3.8) is 0 Å². The molecule has 0 aliphatic heterocycles. The molecule has 2 aromatic carbocycles. The number of alkyl halides is 3. The highest BCUT2D eigenvalue weighted by atomic mass is 28.3. The third kappa shape index (κ3) is 9.29. The van der Waals surface area contributed by atoms with E-state index < -0.39 is 19.9 Å². The highest BCUT2D eigenvalue weighted by molar-refractivity contribution is 6.76. The van der Waals surface area contributed by atoms with Crippen molar-refractivity contribution in [2.24, 2.45) is 5.92 Å². The van der Waals surface area contributed by atoms with Crippen LogP contribution in [0.1, 0.15) is 36.9 Å². The molecule has 4 aromatic rings. The lowest BCUT2D eigenvalue weighted by Crippen LogP contribution is -2.29. The highest BCUT2D eigenvalue weighted by Gasteiger charge is 2.35. The Morgan fingerprint density at radius 3 is 2.26 bits per heavy atom. The van der Waals surface area contributed by atoms with Gasteiger partial charge in [0.2, 0.25) is 0 Å². The van der Waals surface area contributed by atoms with Crippen LogP contribution in [-0.4, -0.2) is 41.3 Å². The van der Waals surface area contributed by atoms with Crippen LogP contribution in [0.2, 0.25) is 25.7 Å². The summed E-state index contributed by atoms with van der Waals surface area (Å²) in [5.41, 5.74) is 1.99. The van der Waals surface area contributed by atoms with Crippen molar-refractivity contribution in [3.8, 4) is 28.4 Å². The van der Waals surface area contributed by atoms with Gasteiger partial charge in [-0.2, -0.15) is 13.2 Å². The summed E-state index contributed by atoms with van der Waals surface area (Å²) < 4.78 is 59.3. The molecule has 0 atom stereocenters. The average molecular weight is 652 g/mol. The summed E-state index contributed by atoms with van der Waals surface area (Å²) in [6.45, 7) is 7.40. The number of imidazole rings is 1. The van der Waals surface area contributed by atoms with Gasteiger partial charge in [0, 0.05) is 38.2 Å². The Morgan fingerprint density at radius 1 is 0.935 bits per heavy atom. The van der Waals surface area contributed by atoms with Crippen molar-refractivity contribution in [1.29, 1.82) is 0 Å². The molecule has 46 heavy (non-hydrogen) atoms. The summed E-state index contributed by atoms with van der Waals surface area (Å²) in [5.74, 6) is 0.620. The first-order valence-corrected chi connectivity index (χ1v) is 19.3. The molecule has 0 spiro atoms. The van der Waals surface area contributed by atoms with Crippen LogP contribution in [0, 0.1) is 5.92 Å². The zero-order chi connectivity index (χ0) is 32.7. The lowest BCUT2D eigenvalue weighted by molar-refractivity contribution is -0.151. The predicted octanol–water partition coefficient (Wildman–Crippen LogP) is 8.62. The zero-order valence-corrected chi connectivity index (χ0v) is 27.4. The van der Waals surface area contributed by atoms with Crippen LogP contribution in [-0.2, 0) is 33.8 Å². The monoisotopic (exact) mass is 651 g/mol. The maximum Gasteiger partial charge on any atom is 0.434 e. The molecule has 1 aliphatic carbocycles. The van der Waals surface area contributed by atoms with Crippen molar-refractivity contribution in [1.82, 2.24) is 14.5 Å². The maximum absolute atomic E-state index is 13.5. The second-order valence-electron chi connectivity index (χ2n) is 12.9. The van der Waals surface area contributed by atoms with Crippen LogP contribution < -0.4 is 4.74 Å². The van der Waals surface area contributed by atoms with E-state index in [0.29, 0.717) is 17.9 Å². The number of pyridine rings is 1. The summed E-state index contributed by atoms with van der Waals surface area (Å²) in [6.07, 6.45) is 0.954. The van der Waals surface area contributed by atoms with Gasteiger partial charge in [-0.15, -0.1) is 0 Å². The fraction of sp³-hybridized carbons (Fsp3) is 0.400. The largest absolute Gasteiger partial charge is 0.490 e. The van der Waals surface area contributed by atoms with E-state index in [4.69, 9.17) is 14.2 Å². The number of aromatic nitrogens is 3. The van der Waals surface area contributed by atoms with Crippen molar-refractivity contribution in [3.05, 3.63) is 90.4 Å². The standard InChI is InChI=1S/C35H40F3N3O4Si/c1-46(2,3)20-19-43-24-41-22-32(35(36,37)38)40-33(41)28-13-18-31(39-21-28)26-9-14-29(15-10-26)45-30-16-11-27(12-17-30)34(42)44-23-25-7-5-4-6-8-25/h4-10,13-15,18,21-22,27,30H,11-12,16-17,19-20,23-24H2,1-3H3/t27-,30+. The van der Waals surface area contributed by atoms with Crippen molar-refractivity contribution in [2.45, 2.75) is 77.0 Å².